The molecule has 0 bridgehead atoms. The highest BCUT2D eigenvalue weighted by molar-refractivity contribution is 7.07. The van der Waals surface area contributed by atoms with Crippen LogP contribution in [0.25, 0.3) is 11.3 Å². The molecule has 2 aromatic rings. The van der Waals surface area contributed by atoms with Crippen LogP contribution in [0.2, 0.25) is 5.02 Å². The fourth-order valence-corrected chi connectivity index (χ4v) is 5.47. The standard InChI is InChI=1S/C21H27ClN2S.BrH/c22-17-13-11-16(12-14-17)20-15-25-21(23-18-7-3-1-4-8-18)24(20)19-9-5-2-6-10-19;/h11-15,18-19H,1-10H2;1H/p-1. The summed E-state index contributed by atoms with van der Waals surface area (Å²) >= 11 is 7.92. The van der Waals surface area contributed by atoms with E-state index in [1.54, 1.807) is 0 Å². The molecule has 0 atom stereocenters. The van der Waals surface area contributed by atoms with Gasteiger partial charge in [0, 0.05) is 16.4 Å². The summed E-state index contributed by atoms with van der Waals surface area (Å²) in [6, 6.07) is 9.42. The molecule has 5 heteroatoms. The lowest BCUT2D eigenvalue weighted by atomic mass is 9.94. The maximum absolute atomic E-state index is 6.10. The summed E-state index contributed by atoms with van der Waals surface area (Å²) in [5.41, 5.74) is 2.58. The lowest BCUT2D eigenvalue weighted by Gasteiger charge is -2.26. The van der Waals surface area contributed by atoms with Crippen LogP contribution < -0.4 is 21.8 Å². The minimum atomic E-state index is 0. The van der Waals surface area contributed by atoms with Gasteiger partial charge in [0.2, 0.25) is 0 Å². The largest absolute Gasteiger partial charge is 1.00 e. The molecule has 0 N–H and O–H groups in total. The number of rotatable bonds is 3. The van der Waals surface area contributed by atoms with Crippen molar-refractivity contribution in [2.75, 3.05) is 0 Å². The summed E-state index contributed by atoms with van der Waals surface area (Å²) in [5, 5.41) is 3.11. The molecule has 2 saturated carbocycles. The Morgan fingerprint density at radius 1 is 0.885 bits per heavy atom. The van der Waals surface area contributed by atoms with Crippen LogP contribution in [0, 0.1) is 0 Å². The molecule has 1 heterocycles. The van der Waals surface area contributed by atoms with Gasteiger partial charge in [0.1, 0.15) is 0 Å². The number of hydrogen-bond acceptors (Lipinski definition) is 2. The molecule has 26 heavy (non-hydrogen) atoms. The van der Waals surface area contributed by atoms with Gasteiger partial charge in [0.25, 0.3) is 0 Å². The van der Waals surface area contributed by atoms with Crippen LogP contribution in [0.4, 0.5) is 0 Å². The number of benzene rings is 1. The quantitative estimate of drug-likeness (QED) is 0.674. The van der Waals surface area contributed by atoms with Crippen molar-refractivity contribution in [3.05, 3.63) is 39.5 Å². The van der Waals surface area contributed by atoms with Gasteiger partial charge < -0.3 is 21.5 Å². The molecule has 0 unspecified atom stereocenters. The topological polar surface area (TPSA) is 17.3 Å². The van der Waals surface area contributed by atoms with E-state index in [4.69, 9.17) is 16.6 Å². The van der Waals surface area contributed by atoms with Crippen molar-refractivity contribution in [1.29, 1.82) is 0 Å². The number of aromatic nitrogens is 1. The summed E-state index contributed by atoms with van der Waals surface area (Å²) in [6.07, 6.45) is 13.2. The van der Waals surface area contributed by atoms with Crippen LogP contribution in [0.3, 0.4) is 0 Å². The smallest absolute Gasteiger partial charge is 0.185 e. The van der Waals surface area contributed by atoms with E-state index < -0.39 is 0 Å². The molecule has 0 aliphatic heterocycles. The van der Waals surface area contributed by atoms with Gasteiger partial charge in [-0.2, -0.15) is 0 Å². The first kappa shape index (κ1) is 20.2. The molecule has 2 aliphatic carbocycles. The zero-order chi connectivity index (χ0) is 17.1. The van der Waals surface area contributed by atoms with E-state index in [0.717, 1.165) is 5.02 Å². The Hall–Kier alpha value is -0.580. The number of hydrogen-bond donors (Lipinski definition) is 0. The summed E-state index contributed by atoms with van der Waals surface area (Å²) in [7, 11) is 0. The van der Waals surface area contributed by atoms with Crippen LogP contribution in [-0.2, 0) is 0 Å². The van der Waals surface area contributed by atoms with Crippen molar-refractivity contribution < 1.29 is 17.0 Å². The number of nitrogens with zero attached hydrogens (tertiary/aromatic N) is 2. The van der Waals surface area contributed by atoms with Gasteiger partial charge in [-0.15, -0.1) is 11.3 Å². The van der Waals surface area contributed by atoms with E-state index in [2.05, 4.69) is 22.1 Å². The van der Waals surface area contributed by atoms with Gasteiger partial charge >= 0.3 is 0 Å². The van der Waals surface area contributed by atoms with Crippen LogP contribution in [0.15, 0.2) is 34.6 Å². The van der Waals surface area contributed by atoms with Crippen molar-refractivity contribution in [2.24, 2.45) is 4.99 Å². The van der Waals surface area contributed by atoms with E-state index in [9.17, 15) is 0 Å². The normalized spacial score (nSPS) is 20.1. The third kappa shape index (κ3) is 4.63. The minimum Gasteiger partial charge on any atom is -1.00 e. The van der Waals surface area contributed by atoms with Gasteiger partial charge in [-0.25, -0.2) is 0 Å². The second-order valence-corrected chi connectivity index (χ2v) is 8.77. The van der Waals surface area contributed by atoms with Crippen molar-refractivity contribution in [1.82, 2.24) is 4.57 Å². The lowest BCUT2D eigenvalue weighted by Crippen LogP contribution is -3.00. The molecule has 2 nitrogen and oxygen atoms in total. The van der Waals surface area contributed by atoms with Crippen LogP contribution >= 0.6 is 22.9 Å². The Morgan fingerprint density at radius 2 is 1.50 bits per heavy atom. The highest BCUT2D eigenvalue weighted by Crippen LogP contribution is 2.33. The van der Waals surface area contributed by atoms with Crippen LogP contribution in [-0.4, -0.2) is 10.6 Å². The third-order valence-electron chi connectivity index (χ3n) is 5.69. The zero-order valence-electron chi connectivity index (χ0n) is 15.2. The zero-order valence-corrected chi connectivity index (χ0v) is 18.3. The molecule has 0 spiro atoms. The summed E-state index contributed by atoms with van der Waals surface area (Å²) < 4.78 is 2.56. The van der Waals surface area contributed by atoms with Gasteiger partial charge in [-0.1, -0.05) is 62.3 Å². The molecule has 142 valence electrons. The highest BCUT2D eigenvalue weighted by atomic mass is 79.9. The van der Waals surface area contributed by atoms with E-state index in [1.165, 1.54) is 80.3 Å². The van der Waals surface area contributed by atoms with E-state index in [0.29, 0.717) is 12.1 Å². The second-order valence-electron chi connectivity index (χ2n) is 7.49. The Labute approximate surface area is 176 Å². The monoisotopic (exact) mass is 453 g/mol. The maximum Gasteiger partial charge on any atom is 0.185 e. The second kappa shape index (κ2) is 9.57. The third-order valence-corrected chi connectivity index (χ3v) is 6.80. The summed E-state index contributed by atoms with van der Waals surface area (Å²) in [6.45, 7) is 0. The first-order valence-electron chi connectivity index (χ1n) is 9.81. The fourth-order valence-electron chi connectivity index (χ4n) is 4.30. The predicted molar refractivity (Wildman–Crippen MR) is 107 cm³/mol. The Morgan fingerprint density at radius 3 is 2.15 bits per heavy atom. The Kier molecular flexibility index (Phi) is 7.42. The maximum atomic E-state index is 6.10. The lowest BCUT2D eigenvalue weighted by molar-refractivity contribution is -0.00000510. The molecule has 0 saturated heterocycles. The molecule has 2 fully saturated rings. The molecule has 0 radical (unpaired) electrons. The van der Waals surface area contributed by atoms with Gasteiger partial charge in [0.15, 0.2) is 4.80 Å². The van der Waals surface area contributed by atoms with Crippen molar-refractivity contribution in [2.45, 2.75) is 76.3 Å². The minimum absolute atomic E-state index is 0. The highest BCUT2D eigenvalue weighted by Gasteiger charge is 2.21. The van der Waals surface area contributed by atoms with Crippen molar-refractivity contribution in [3.63, 3.8) is 0 Å². The van der Waals surface area contributed by atoms with E-state index >= 15 is 0 Å². The molecule has 1 aromatic carbocycles. The molecule has 4 rings (SSSR count). The molecular weight excluding hydrogens is 428 g/mol. The predicted octanol–water partition coefficient (Wildman–Crippen LogP) is 3.61. The average molecular weight is 455 g/mol. The number of thiazole rings is 1. The summed E-state index contributed by atoms with van der Waals surface area (Å²) in [5.74, 6) is 0. The van der Waals surface area contributed by atoms with Crippen molar-refractivity contribution >= 4 is 22.9 Å². The Bertz CT molecular complexity index is 753. The van der Waals surface area contributed by atoms with E-state index in [-0.39, 0.29) is 17.0 Å². The molecule has 1 aromatic heterocycles. The fraction of sp³-hybridized carbons (Fsp3) is 0.571. The molecule has 2 aliphatic rings. The first-order chi connectivity index (χ1) is 12.3. The Balaban J connectivity index is 0.00000196. The molecular formula is C21H27BrClN2S-. The van der Waals surface area contributed by atoms with E-state index in [1.807, 2.05) is 23.5 Å². The van der Waals surface area contributed by atoms with Gasteiger partial charge in [-0.05, 0) is 43.4 Å². The number of halogens is 2. The van der Waals surface area contributed by atoms with Gasteiger partial charge in [-0.3, -0.25) is 4.99 Å². The van der Waals surface area contributed by atoms with Crippen molar-refractivity contribution in [3.8, 4) is 11.3 Å². The van der Waals surface area contributed by atoms with Gasteiger partial charge in [0.05, 0.1) is 11.7 Å². The van der Waals surface area contributed by atoms with Crippen LogP contribution in [0.1, 0.15) is 70.3 Å². The van der Waals surface area contributed by atoms with Crippen LogP contribution in [0.5, 0.6) is 0 Å². The molecule has 0 amide bonds. The summed E-state index contributed by atoms with van der Waals surface area (Å²) in [4.78, 5) is 6.45. The SMILES string of the molecule is Clc1ccc(-c2csc(=NC3CCCCC3)n2C2CCCCC2)cc1.[Br-]. The first-order valence-corrected chi connectivity index (χ1v) is 11.1. The average Bonchev–Trinajstić information content (AvgIpc) is 3.07.